The molecule has 17 heavy (non-hydrogen) atoms. The van der Waals surface area contributed by atoms with E-state index < -0.39 is 0 Å². The normalized spacial score (nSPS) is 33.9. The van der Waals surface area contributed by atoms with E-state index in [0.717, 1.165) is 13.1 Å². The number of piperidine rings is 1. The van der Waals surface area contributed by atoms with Gasteiger partial charge in [0.25, 0.3) is 0 Å². The van der Waals surface area contributed by atoms with Crippen LogP contribution in [0.15, 0.2) is 0 Å². The van der Waals surface area contributed by atoms with Gasteiger partial charge in [-0.1, -0.05) is 0 Å². The van der Waals surface area contributed by atoms with E-state index in [1.165, 1.54) is 32.6 Å². The van der Waals surface area contributed by atoms with Crippen LogP contribution in [-0.4, -0.2) is 66.7 Å². The largest absolute Gasteiger partial charge is 0.325 e. The molecular weight excluding hydrogens is 212 g/mol. The summed E-state index contributed by atoms with van der Waals surface area (Å²) in [4.78, 5) is 5.18. The first kappa shape index (κ1) is 13.3. The molecule has 2 aliphatic rings. The Bertz CT molecular complexity index is 240. The van der Waals surface area contributed by atoms with Gasteiger partial charge >= 0.3 is 0 Å². The second-order valence-electron chi connectivity index (χ2n) is 6.42. The van der Waals surface area contributed by atoms with E-state index in [1.54, 1.807) is 0 Å². The molecule has 2 fully saturated rings. The van der Waals surface area contributed by atoms with Crippen molar-refractivity contribution in [2.24, 2.45) is 5.73 Å². The highest BCUT2D eigenvalue weighted by Gasteiger charge is 2.32. The van der Waals surface area contributed by atoms with Gasteiger partial charge in [-0.05, 0) is 33.7 Å². The monoisotopic (exact) mass is 240 g/mol. The molecule has 2 saturated heterocycles. The third-order valence-electron chi connectivity index (χ3n) is 4.22. The van der Waals surface area contributed by atoms with Crippen LogP contribution in [0.2, 0.25) is 0 Å². The van der Waals surface area contributed by atoms with Crippen LogP contribution in [0.5, 0.6) is 0 Å². The molecule has 4 heteroatoms. The fourth-order valence-corrected chi connectivity index (χ4v) is 3.05. The first-order valence-electron chi connectivity index (χ1n) is 6.94. The number of nitrogens with zero attached hydrogens (tertiary/aromatic N) is 2. The van der Waals surface area contributed by atoms with Crippen molar-refractivity contribution in [1.29, 1.82) is 0 Å². The van der Waals surface area contributed by atoms with E-state index in [4.69, 9.17) is 5.73 Å². The van der Waals surface area contributed by atoms with Gasteiger partial charge in [-0.2, -0.15) is 0 Å². The first-order chi connectivity index (χ1) is 7.98. The molecule has 2 aliphatic heterocycles. The number of hydrogen-bond acceptors (Lipinski definition) is 4. The van der Waals surface area contributed by atoms with E-state index in [9.17, 15) is 0 Å². The van der Waals surface area contributed by atoms with Crippen molar-refractivity contribution in [3.05, 3.63) is 0 Å². The van der Waals surface area contributed by atoms with Gasteiger partial charge in [-0.3, -0.25) is 9.80 Å². The molecule has 0 aromatic heterocycles. The number of nitrogens with one attached hydrogen (secondary N) is 1. The lowest BCUT2D eigenvalue weighted by molar-refractivity contribution is 0.0300. The van der Waals surface area contributed by atoms with Gasteiger partial charge in [-0.25, -0.2) is 0 Å². The quantitative estimate of drug-likeness (QED) is 0.682. The minimum Gasteiger partial charge on any atom is -0.325 e. The van der Waals surface area contributed by atoms with Gasteiger partial charge in [0.15, 0.2) is 0 Å². The Morgan fingerprint density at radius 1 is 1.12 bits per heavy atom. The van der Waals surface area contributed by atoms with E-state index in [-0.39, 0.29) is 0 Å². The van der Waals surface area contributed by atoms with Crippen molar-refractivity contribution in [2.75, 3.05) is 39.3 Å². The fourth-order valence-electron chi connectivity index (χ4n) is 3.05. The smallest absolute Gasteiger partial charge is 0.0324 e. The van der Waals surface area contributed by atoms with Gasteiger partial charge < -0.3 is 11.1 Å². The standard InChI is InChI=1S/C13H28N4/c1-13(2,3)17-8-6-16(7-9-17)12-4-5-15-10-11(12)14/h11-12,15H,4-10,14H2,1-3H3. The molecule has 0 radical (unpaired) electrons. The average Bonchev–Trinajstić information content (AvgIpc) is 2.29. The fraction of sp³-hybridized carbons (Fsp3) is 1.00. The van der Waals surface area contributed by atoms with Gasteiger partial charge in [0.05, 0.1) is 0 Å². The Kier molecular flexibility index (Phi) is 4.08. The molecule has 4 nitrogen and oxygen atoms in total. The second kappa shape index (κ2) is 5.22. The topological polar surface area (TPSA) is 44.5 Å². The van der Waals surface area contributed by atoms with Crippen molar-refractivity contribution >= 4 is 0 Å². The van der Waals surface area contributed by atoms with Crippen LogP contribution in [-0.2, 0) is 0 Å². The summed E-state index contributed by atoms with van der Waals surface area (Å²) in [5.74, 6) is 0. The van der Waals surface area contributed by atoms with Crippen molar-refractivity contribution in [3.63, 3.8) is 0 Å². The molecular formula is C13H28N4. The molecule has 0 saturated carbocycles. The SMILES string of the molecule is CC(C)(C)N1CCN(C2CCNCC2N)CC1. The minimum atomic E-state index is 0.308. The van der Waals surface area contributed by atoms with Gasteiger partial charge in [0.2, 0.25) is 0 Å². The molecule has 2 unspecified atom stereocenters. The minimum absolute atomic E-state index is 0.308. The molecule has 0 bridgehead atoms. The lowest BCUT2D eigenvalue weighted by Gasteiger charge is -2.46. The maximum absolute atomic E-state index is 6.21. The predicted octanol–water partition coefficient (Wildman–Crippen LogP) is 0.0917. The maximum Gasteiger partial charge on any atom is 0.0324 e. The predicted molar refractivity (Wildman–Crippen MR) is 72.1 cm³/mol. The third kappa shape index (κ3) is 3.19. The molecule has 100 valence electrons. The molecule has 2 heterocycles. The molecule has 0 aliphatic carbocycles. The first-order valence-corrected chi connectivity index (χ1v) is 6.94. The zero-order chi connectivity index (χ0) is 12.5. The van der Waals surface area contributed by atoms with Crippen molar-refractivity contribution < 1.29 is 0 Å². The van der Waals surface area contributed by atoms with Crippen LogP contribution in [0.1, 0.15) is 27.2 Å². The number of nitrogens with two attached hydrogens (primary N) is 1. The zero-order valence-electron chi connectivity index (χ0n) is 11.6. The summed E-state index contributed by atoms with van der Waals surface area (Å²) in [5, 5.41) is 3.37. The molecule has 0 spiro atoms. The number of rotatable bonds is 1. The average molecular weight is 240 g/mol. The molecule has 2 rings (SSSR count). The van der Waals surface area contributed by atoms with Crippen LogP contribution in [0.3, 0.4) is 0 Å². The lowest BCUT2D eigenvalue weighted by atomic mass is 9.98. The van der Waals surface area contributed by atoms with Crippen LogP contribution in [0.4, 0.5) is 0 Å². The zero-order valence-corrected chi connectivity index (χ0v) is 11.6. The van der Waals surface area contributed by atoms with Crippen LogP contribution in [0, 0.1) is 0 Å². The lowest BCUT2D eigenvalue weighted by Crippen LogP contribution is -2.62. The molecule has 2 atom stereocenters. The second-order valence-corrected chi connectivity index (χ2v) is 6.42. The highest BCUT2D eigenvalue weighted by molar-refractivity contribution is 4.91. The Balaban J connectivity index is 1.86. The number of hydrogen-bond donors (Lipinski definition) is 2. The molecule has 0 aromatic carbocycles. The molecule has 3 N–H and O–H groups in total. The maximum atomic E-state index is 6.21. The van der Waals surface area contributed by atoms with E-state index in [0.29, 0.717) is 17.6 Å². The van der Waals surface area contributed by atoms with Gasteiger partial charge in [0, 0.05) is 50.3 Å². The molecule has 0 amide bonds. The highest BCUT2D eigenvalue weighted by atomic mass is 15.3. The van der Waals surface area contributed by atoms with E-state index in [1.807, 2.05) is 0 Å². The van der Waals surface area contributed by atoms with E-state index >= 15 is 0 Å². The van der Waals surface area contributed by atoms with Gasteiger partial charge in [-0.15, -0.1) is 0 Å². The van der Waals surface area contributed by atoms with Crippen molar-refractivity contribution in [3.8, 4) is 0 Å². The Morgan fingerprint density at radius 2 is 1.76 bits per heavy atom. The van der Waals surface area contributed by atoms with Crippen LogP contribution < -0.4 is 11.1 Å². The highest BCUT2D eigenvalue weighted by Crippen LogP contribution is 2.19. The van der Waals surface area contributed by atoms with Crippen molar-refractivity contribution in [1.82, 2.24) is 15.1 Å². The van der Waals surface area contributed by atoms with Crippen LogP contribution >= 0.6 is 0 Å². The summed E-state index contributed by atoms with van der Waals surface area (Å²) in [6.07, 6.45) is 1.21. The molecule has 0 aromatic rings. The van der Waals surface area contributed by atoms with Crippen LogP contribution in [0.25, 0.3) is 0 Å². The Hall–Kier alpha value is -0.160. The van der Waals surface area contributed by atoms with Crippen molar-refractivity contribution in [2.45, 2.75) is 44.8 Å². The summed E-state index contributed by atoms with van der Waals surface area (Å²) >= 11 is 0. The van der Waals surface area contributed by atoms with Gasteiger partial charge in [0.1, 0.15) is 0 Å². The third-order valence-corrected chi connectivity index (χ3v) is 4.22. The summed E-state index contributed by atoms with van der Waals surface area (Å²) in [6, 6.07) is 0.906. The van der Waals surface area contributed by atoms with E-state index in [2.05, 4.69) is 35.9 Å². The summed E-state index contributed by atoms with van der Waals surface area (Å²) in [6.45, 7) is 13.7. The summed E-state index contributed by atoms with van der Waals surface area (Å²) in [5.41, 5.74) is 6.52. The Labute approximate surface area is 106 Å². The summed E-state index contributed by atoms with van der Waals surface area (Å²) in [7, 11) is 0. The Morgan fingerprint density at radius 3 is 2.29 bits per heavy atom. The number of piperazine rings is 1. The summed E-state index contributed by atoms with van der Waals surface area (Å²) < 4.78 is 0.